The topological polar surface area (TPSA) is 95.2 Å². The molecule has 1 aromatic heterocycles. The molecular formula is C15H12ClN3O3. The maximum Gasteiger partial charge on any atom is 0.404 e. The van der Waals surface area contributed by atoms with Gasteiger partial charge in [0.15, 0.2) is 0 Å². The quantitative estimate of drug-likeness (QED) is 0.882. The van der Waals surface area contributed by atoms with Crippen molar-refractivity contribution in [2.45, 2.75) is 6.42 Å². The average molecular weight is 318 g/mol. The second-order valence-corrected chi connectivity index (χ2v) is 4.74. The van der Waals surface area contributed by atoms with Gasteiger partial charge in [-0.05, 0) is 30.2 Å². The second kappa shape index (κ2) is 7.29. The molecule has 0 fully saturated rings. The van der Waals surface area contributed by atoms with Crippen molar-refractivity contribution in [3.05, 3.63) is 52.7 Å². The van der Waals surface area contributed by atoms with E-state index in [-0.39, 0.29) is 6.54 Å². The second-order valence-electron chi connectivity index (χ2n) is 4.33. The maximum absolute atomic E-state index is 10.4. The summed E-state index contributed by atoms with van der Waals surface area (Å²) in [6.45, 7) is 0.284. The SMILES string of the molecule is N#Cc1ccc(Oc2ccc(CCNC(=O)O)c(Cl)c2)nc1. The number of hydrogen-bond acceptors (Lipinski definition) is 4. The van der Waals surface area contributed by atoms with E-state index < -0.39 is 6.09 Å². The Hall–Kier alpha value is -2.78. The lowest BCUT2D eigenvalue weighted by Gasteiger charge is -2.08. The van der Waals surface area contributed by atoms with Crippen LogP contribution >= 0.6 is 11.6 Å². The molecule has 0 saturated carbocycles. The van der Waals surface area contributed by atoms with Crippen molar-refractivity contribution in [3.63, 3.8) is 0 Å². The van der Waals surface area contributed by atoms with E-state index in [9.17, 15) is 4.79 Å². The Morgan fingerprint density at radius 3 is 2.82 bits per heavy atom. The first kappa shape index (κ1) is 15.6. The highest BCUT2D eigenvalue weighted by atomic mass is 35.5. The van der Waals surface area contributed by atoms with Gasteiger partial charge in [-0.1, -0.05) is 17.7 Å². The van der Waals surface area contributed by atoms with E-state index in [2.05, 4.69) is 10.3 Å². The van der Waals surface area contributed by atoms with Gasteiger partial charge in [0.25, 0.3) is 0 Å². The molecule has 2 N–H and O–H groups in total. The number of nitriles is 1. The molecule has 22 heavy (non-hydrogen) atoms. The lowest BCUT2D eigenvalue weighted by Crippen LogP contribution is -2.23. The van der Waals surface area contributed by atoms with E-state index in [4.69, 9.17) is 26.7 Å². The Labute approximate surface area is 131 Å². The van der Waals surface area contributed by atoms with Crippen molar-refractivity contribution in [1.29, 1.82) is 5.26 Å². The molecule has 0 aliphatic rings. The summed E-state index contributed by atoms with van der Waals surface area (Å²) < 4.78 is 5.54. The highest BCUT2D eigenvalue weighted by Gasteiger charge is 2.05. The molecule has 2 aromatic rings. The van der Waals surface area contributed by atoms with Gasteiger partial charge in [-0.25, -0.2) is 9.78 Å². The van der Waals surface area contributed by atoms with Crippen LogP contribution < -0.4 is 10.1 Å². The minimum Gasteiger partial charge on any atom is -0.465 e. The molecule has 0 bridgehead atoms. The third kappa shape index (κ3) is 4.36. The van der Waals surface area contributed by atoms with Gasteiger partial charge >= 0.3 is 6.09 Å². The molecule has 1 amide bonds. The van der Waals surface area contributed by atoms with E-state index in [1.807, 2.05) is 6.07 Å². The van der Waals surface area contributed by atoms with Gasteiger partial charge in [-0.2, -0.15) is 5.26 Å². The van der Waals surface area contributed by atoms with E-state index in [1.54, 1.807) is 30.3 Å². The summed E-state index contributed by atoms with van der Waals surface area (Å²) in [4.78, 5) is 14.4. The molecule has 6 nitrogen and oxygen atoms in total. The number of nitrogens with zero attached hydrogens (tertiary/aromatic N) is 2. The molecule has 2 rings (SSSR count). The number of benzene rings is 1. The zero-order chi connectivity index (χ0) is 15.9. The van der Waals surface area contributed by atoms with Crippen LogP contribution in [0.1, 0.15) is 11.1 Å². The number of carboxylic acid groups (broad SMARTS) is 1. The van der Waals surface area contributed by atoms with E-state index in [0.717, 1.165) is 5.56 Å². The number of pyridine rings is 1. The normalized spacial score (nSPS) is 9.82. The molecular weight excluding hydrogens is 306 g/mol. The zero-order valence-electron chi connectivity index (χ0n) is 11.4. The monoisotopic (exact) mass is 317 g/mol. The van der Waals surface area contributed by atoms with Gasteiger partial charge in [0, 0.05) is 23.8 Å². The zero-order valence-corrected chi connectivity index (χ0v) is 12.2. The van der Waals surface area contributed by atoms with Crippen LogP contribution in [-0.2, 0) is 6.42 Å². The summed E-state index contributed by atoms with van der Waals surface area (Å²) >= 11 is 6.14. The van der Waals surface area contributed by atoms with Crippen LogP contribution in [0.3, 0.4) is 0 Å². The van der Waals surface area contributed by atoms with E-state index in [1.165, 1.54) is 6.20 Å². The first-order valence-electron chi connectivity index (χ1n) is 6.37. The number of hydrogen-bond donors (Lipinski definition) is 2. The Bertz CT molecular complexity index is 711. The first-order chi connectivity index (χ1) is 10.6. The van der Waals surface area contributed by atoms with Crippen molar-refractivity contribution in [2.75, 3.05) is 6.54 Å². The van der Waals surface area contributed by atoms with Crippen LogP contribution in [0.25, 0.3) is 0 Å². The molecule has 0 radical (unpaired) electrons. The molecule has 0 atom stereocenters. The average Bonchev–Trinajstić information content (AvgIpc) is 2.50. The van der Waals surface area contributed by atoms with Gasteiger partial charge in [0.1, 0.15) is 11.8 Å². The molecule has 1 heterocycles. The standard InChI is InChI=1S/C15H12ClN3O3/c16-13-7-12(3-2-11(13)5-6-18-15(20)21)22-14-4-1-10(8-17)9-19-14/h1-4,7,9,18H,5-6H2,(H,20,21). The Balaban J connectivity index is 2.02. The minimum absolute atomic E-state index is 0.284. The summed E-state index contributed by atoms with van der Waals surface area (Å²) in [6, 6.07) is 10.3. The molecule has 112 valence electrons. The number of ether oxygens (including phenoxy) is 1. The molecule has 7 heteroatoms. The van der Waals surface area contributed by atoms with Gasteiger partial charge in [-0.3, -0.25) is 0 Å². The predicted octanol–water partition coefficient (Wildman–Crippen LogP) is 3.21. The largest absolute Gasteiger partial charge is 0.465 e. The third-order valence-corrected chi connectivity index (χ3v) is 3.13. The maximum atomic E-state index is 10.4. The summed E-state index contributed by atoms with van der Waals surface area (Å²) in [5.41, 5.74) is 1.27. The van der Waals surface area contributed by atoms with Crippen molar-refractivity contribution >= 4 is 17.7 Å². The van der Waals surface area contributed by atoms with Gasteiger partial charge in [0.05, 0.1) is 5.56 Å². The van der Waals surface area contributed by atoms with Crippen LogP contribution in [0.4, 0.5) is 4.79 Å². The summed E-state index contributed by atoms with van der Waals surface area (Å²) in [6.07, 6.45) is 0.839. The van der Waals surface area contributed by atoms with Crippen molar-refractivity contribution in [3.8, 4) is 17.7 Å². The van der Waals surface area contributed by atoms with Gasteiger partial charge < -0.3 is 15.2 Å². The molecule has 0 aliphatic carbocycles. The number of rotatable bonds is 5. The lowest BCUT2D eigenvalue weighted by atomic mass is 10.1. The predicted molar refractivity (Wildman–Crippen MR) is 80.2 cm³/mol. The van der Waals surface area contributed by atoms with E-state index >= 15 is 0 Å². The lowest BCUT2D eigenvalue weighted by molar-refractivity contribution is 0.194. The van der Waals surface area contributed by atoms with Crippen LogP contribution in [-0.4, -0.2) is 22.7 Å². The number of aromatic nitrogens is 1. The van der Waals surface area contributed by atoms with E-state index in [0.29, 0.717) is 28.6 Å². The number of carbonyl (C=O) groups is 1. The summed E-state index contributed by atoms with van der Waals surface area (Å²) in [7, 11) is 0. The Morgan fingerprint density at radius 1 is 1.41 bits per heavy atom. The number of amides is 1. The summed E-state index contributed by atoms with van der Waals surface area (Å²) in [5, 5.41) is 20.0. The highest BCUT2D eigenvalue weighted by molar-refractivity contribution is 6.31. The third-order valence-electron chi connectivity index (χ3n) is 2.78. The fourth-order valence-corrected chi connectivity index (χ4v) is 1.99. The first-order valence-corrected chi connectivity index (χ1v) is 6.75. The molecule has 1 aromatic carbocycles. The number of halogens is 1. The van der Waals surface area contributed by atoms with Crippen LogP contribution in [0.5, 0.6) is 11.6 Å². The minimum atomic E-state index is -1.07. The fourth-order valence-electron chi connectivity index (χ4n) is 1.73. The fraction of sp³-hybridized carbons (Fsp3) is 0.133. The van der Waals surface area contributed by atoms with Crippen LogP contribution in [0.2, 0.25) is 5.02 Å². The Kier molecular flexibility index (Phi) is 5.17. The highest BCUT2D eigenvalue weighted by Crippen LogP contribution is 2.26. The Morgan fingerprint density at radius 2 is 2.23 bits per heavy atom. The van der Waals surface area contributed by atoms with Crippen molar-refractivity contribution in [2.24, 2.45) is 0 Å². The molecule has 0 spiro atoms. The van der Waals surface area contributed by atoms with Crippen molar-refractivity contribution in [1.82, 2.24) is 10.3 Å². The smallest absolute Gasteiger partial charge is 0.404 e. The van der Waals surface area contributed by atoms with Gasteiger partial charge in [-0.15, -0.1) is 0 Å². The molecule has 0 unspecified atom stereocenters. The number of nitrogens with one attached hydrogen (secondary N) is 1. The van der Waals surface area contributed by atoms with Crippen LogP contribution in [0, 0.1) is 11.3 Å². The van der Waals surface area contributed by atoms with Crippen LogP contribution in [0.15, 0.2) is 36.5 Å². The van der Waals surface area contributed by atoms with Gasteiger partial charge in [0.2, 0.25) is 5.88 Å². The molecule has 0 aliphatic heterocycles. The molecule has 0 saturated heterocycles. The summed E-state index contributed by atoms with van der Waals surface area (Å²) in [5.74, 6) is 0.868. The van der Waals surface area contributed by atoms with Crippen molar-refractivity contribution < 1.29 is 14.6 Å².